The lowest BCUT2D eigenvalue weighted by atomic mass is 10.3. The molecule has 3 N–H and O–H groups in total. The van der Waals surface area contributed by atoms with Crippen LogP contribution in [0.5, 0.6) is 0 Å². The summed E-state index contributed by atoms with van der Waals surface area (Å²) >= 11 is 0. The van der Waals surface area contributed by atoms with Crippen LogP contribution >= 0.6 is 0 Å². The Morgan fingerprint density at radius 1 is 1.46 bits per heavy atom. The molecule has 78 valence electrons. The highest BCUT2D eigenvalue weighted by Crippen LogP contribution is 1.93. The van der Waals surface area contributed by atoms with Gasteiger partial charge in [-0.3, -0.25) is 0 Å². The summed E-state index contributed by atoms with van der Waals surface area (Å²) < 4.78 is 4.89. The van der Waals surface area contributed by atoms with E-state index in [1.165, 1.54) is 0 Å². The lowest BCUT2D eigenvalue weighted by Gasteiger charge is -2.09. The molecule has 0 saturated heterocycles. The monoisotopic (exact) mass is 188 g/mol. The first kappa shape index (κ1) is 14.6. The van der Waals surface area contributed by atoms with Gasteiger partial charge in [0, 0.05) is 12.1 Å². The Bertz CT molecular complexity index is 167. The average Bonchev–Trinajstić information content (AvgIpc) is 1.97. The number of rotatable bonds is 5. The largest absolute Gasteiger partial charge is 0.462 e. The summed E-state index contributed by atoms with van der Waals surface area (Å²) in [6, 6.07) is 0. The van der Waals surface area contributed by atoms with Gasteiger partial charge < -0.3 is 15.8 Å². The Morgan fingerprint density at radius 3 is 2.38 bits per heavy atom. The molecule has 0 aromatic heterocycles. The minimum Gasteiger partial charge on any atom is -0.462 e. The average molecular weight is 188 g/mol. The van der Waals surface area contributed by atoms with E-state index in [1.54, 1.807) is 6.92 Å². The van der Waals surface area contributed by atoms with Gasteiger partial charge in [0.05, 0.1) is 6.61 Å². The van der Waals surface area contributed by atoms with Crippen molar-refractivity contribution in [2.24, 2.45) is 0 Å². The fraction of sp³-hybridized carbons (Fsp3) is 0.667. The standard InChI is InChI=1S/C9H17NO2.H3N/c1-8(2)9(11)12-7-5-6-10(3)4;/h1,5-7H2,2-4H3;1H3. The maximum Gasteiger partial charge on any atom is 0.333 e. The molecule has 0 spiro atoms. The molecule has 4 heteroatoms. The van der Waals surface area contributed by atoms with Crippen LogP contribution in [0.3, 0.4) is 0 Å². The summed E-state index contributed by atoms with van der Waals surface area (Å²) in [4.78, 5) is 12.9. The number of ether oxygens (including phenoxy) is 1. The van der Waals surface area contributed by atoms with Gasteiger partial charge in [-0.1, -0.05) is 6.58 Å². The maximum atomic E-state index is 10.9. The van der Waals surface area contributed by atoms with Crippen LogP contribution in [0.15, 0.2) is 12.2 Å². The lowest BCUT2D eigenvalue weighted by Crippen LogP contribution is -2.16. The fourth-order valence-corrected chi connectivity index (χ4v) is 0.669. The zero-order valence-electron chi connectivity index (χ0n) is 8.80. The molecule has 0 aliphatic carbocycles. The van der Waals surface area contributed by atoms with Gasteiger partial charge in [-0.15, -0.1) is 0 Å². The minimum atomic E-state index is -0.297. The van der Waals surface area contributed by atoms with Crippen LogP contribution in [-0.4, -0.2) is 38.1 Å². The number of carbonyl (C=O) groups is 1. The van der Waals surface area contributed by atoms with Gasteiger partial charge in [0.1, 0.15) is 0 Å². The molecule has 0 heterocycles. The first-order chi connectivity index (χ1) is 5.54. The van der Waals surface area contributed by atoms with Crippen LogP contribution in [0.2, 0.25) is 0 Å². The van der Waals surface area contributed by atoms with Crippen LogP contribution in [0, 0.1) is 0 Å². The Kier molecular flexibility index (Phi) is 8.74. The molecule has 0 aromatic carbocycles. The molecular formula is C9H20N2O2. The molecule has 0 bridgehead atoms. The van der Waals surface area contributed by atoms with Crippen LogP contribution in [0.25, 0.3) is 0 Å². The van der Waals surface area contributed by atoms with Gasteiger partial charge in [-0.25, -0.2) is 4.79 Å². The quantitative estimate of drug-likeness (QED) is 0.400. The van der Waals surface area contributed by atoms with Crippen molar-refractivity contribution < 1.29 is 9.53 Å². The first-order valence-electron chi connectivity index (χ1n) is 4.01. The predicted molar refractivity (Wildman–Crippen MR) is 54.0 cm³/mol. The van der Waals surface area contributed by atoms with E-state index in [9.17, 15) is 4.79 Å². The predicted octanol–water partition coefficient (Wildman–Crippen LogP) is 1.22. The van der Waals surface area contributed by atoms with Gasteiger partial charge in [0.15, 0.2) is 0 Å². The van der Waals surface area contributed by atoms with E-state index >= 15 is 0 Å². The molecular weight excluding hydrogens is 168 g/mol. The normalized spacial score (nSPS) is 9.23. The molecule has 0 atom stereocenters. The van der Waals surface area contributed by atoms with E-state index in [4.69, 9.17) is 4.74 Å². The SMILES string of the molecule is C=C(C)C(=O)OCCCN(C)C.N. The molecule has 0 amide bonds. The smallest absolute Gasteiger partial charge is 0.333 e. The summed E-state index contributed by atoms with van der Waals surface area (Å²) in [6.45, 7) is 6.54. The number of nitrogens with zero attached hydrogens (tertiary/aromatic N) is 1. The summed E-state index contributed by atoms with van der Waals surface area (Å²) in [7, 11) is 3.97. The Balaban J connectivity index is 0. The van der Waals surface area contributed by atoms with Crippen molar-refractivity contribution in [3.8, 4) is 0 Å². The Hall–Kier alpha value is -0.870. The van der Waals surface area contributed by atoms with Crippen LogP contribution < -0.4 is 6.15 Å². The van der Waals surface area contributed by atoms with Gasteiger partial charge in [0.25, 0.3) is 0 Å². The molecule has 0 radical (unpaired) electrons. The number of hydrogen-bond acceptors (Lipinski definition) is 4. The van der Waals surface area contributed by atoms with E-state index < -0.39 is 0 Å². The first-order valence-corrected chi connectivity index (χ1v) is 4.01. The van der Waals surface area contributed by atoms with Crippen molar-refractivity contribution in [1.82, 2.24) is 11.1 Å². The van der Waals surface area contributed by atoms with Crippen molar-refractivity contribution >= 4 is 5.97 Å². The second-order valence-corrected chi connectivity index (χ2v) is 3.07. The minimum absolute atomic E-state index is 0. The van der Waals surface area contributed by atoms with Gasteiger partial charge >= 0.3 is 5.97 Å². The highest BCUT2D eigenvalue weighted by Gasteiger charge is 2.01. The molecule has 13 heavy (non-hydrogen) atoms. The van der Waals surface area contributed by atoms with Crippen molar-refractivity contribution in [2.75, 3.05) is 27.2 Å². The molecule has 0 fully saturated rings. The van der Waals surface area contributed by atoms with Crippen LogP contribution in [0.4, 0.5) is 0 Å². The second-order valence-electron chi connectivity index (χ2n) is 3.07. The van der Waals surface area contributed by atoms with E-state index in [1.807, 2.05) is 14.1 Å². The maximum absolute atomic E-state index is 10.9. The van der Waals surface area contributed by atoms with E-state index in [0.717, 1.165) is 13.0 Å². The summed E-state index contributed by atoms with van der Waals surface area (Å²) in [5.41, 5.74) is 0.458. The zero-order chi connectivity index (χ0) is 9.56. The Morgan fingerprint density at radius 2 is 2.00 bits per heavy atom. The molecule has 0 aliphatic heterocycles. The molecule has 0 aliphatic rings. The van der Waals surface area contributed by atoms with E-state index in [0.29, 0.717) is 12.2 Å². The topological polar surface area (TPSA) is 64.5 Å². The third-order valence-corrected chi connectivity index (χ3v) is 1.33. The van der Waals surface area contributed by atoms with Crippen molar-refractivity contribution in [2.45, 2.75) is 13.3 Å². The summed E-state index contributed by atoms with van der Waals surface area (Å²) in [5, 5.41) is 0. The Labute approximate surface area is 80.1 Å². The second kappa shape index (κ2) is 7.76. The summed E-state index contributed by atoms with van der Waals surface area (Å²) in [5.74, 6) is -0.297. The van der Waals surface area contributed by atoms with Crippen molar-refractivity contribution in [3.05, 3.63) is 12.2 Å². The molecule has 4 nitrogen and oxygen atoms in total. The van der Waals surface area contributed by atoms with Gasteiger partial charge in [0.2, 0.25) is 0 Å². The third kappa shape index (κ3) is 9.04. The van der Waals surface area contributed by atoms with E-state index in [-0.39, 0.29) is 12.1 Å². The summed E-state index contributed by atoms with van der Waals surface area (Å²) in [6.07, 6.45) is 0.867. The highest BCUT2D eigenvalue weighted by molar-refractivity contribution is 5.86. The number of esters is 1. The van der Waals surface area contributed by atoms with Crippen molar-refractivity contribution in [3.63, 3.8) is 0 Å². The van der Waals surface area contributed by atoms with Gasteiger partial charge in [-0.05, 0) is 27.4 Å². The fourth-order valence-electron chi connectivity index (χ4n) is 0.669. The van der Waals surface area contributed by atoms with Gasteiger partial charge in [-0.2, -0.15) is 0 Å². The number of hydrogen-bond donors (Lipinski definition) is 1. The highest BCUT2D eigenvalue weighted by atomic mass is 16.5. The van der Waals surface area contributed by atoms with Crippen LogP contribution in [0.1, 0.15) is 13.3 Å². The molecule has 0 aromatic rings. The molecule has 0 rings (SSSR count). The number of carbonyl (C=O) groups excluding carboxylic acids is 1. The van der Waals surface area contributed by atoms with E-state index in [2.05, 4.69) is 11.5 Å². The zero-order valence-corrected chi connectivity index (χ0v) is 8.80. The lowest BCUT2D eigenvalue weighted by molar-refractivity contribution is -0.139. The van der Waals surface area contributed by atoms with Crippen LogP contribution in [-0.2, 0) is 9.53 Å². The van der Waals surface area contributed by atoms with Crippen molar-refractivity contribution in [1.29, 1.82) is 0 Å². The molecule has 0 unspecified atom stereocenters. The molecule has 0 saturated carbocycles. The third-order valence-electron chi connectivity index (χ3n) is 1.33.